The molecule has 6 nitrogen and oxygen atoms in total. The molecule has 0 unspecified atom stereocenters. The Morgan fingerprint density at radius 2 is 1.90 bits per heavy atom. The van der Waals surface area contributed by atoms with Crippen LogP contribution in [-0.2, 0) is 22.4 Å². The van der Waals surface area contributed by atoms with Crippen molar-refractivity contribution < 1.29 is 13.9 Å². The molecule has 1 saturated heterocycles. The first kappa shape index (κ1) is 21.7. The van der Waals surface area contributed by atoms with Crippen molar-refractivity contribution in [1.29, 1.82) is 0 Å². The summed E-state index contributed by atoms with van der Waals surface area (Å²) in [6.07, 6.45) is 4.04. The molecule has 1 aliphatic carbocycles. The molecule has 3 atom stereocenters. The highest BCUT2D eigenvalue weighted by molar-refractivity contribution is 5.79. The molecule has 2 aromatic rings. The Morgan fingerprint density at radius 1 is 1.23 bits per heavy atom. The first-order chi connectivity index (χ1) is 14.7. The average Bonchev–Trinajstić information content (AvgIpc) is 2.67. The van der Waals surface area contributed by atoms with Gasteiger partial charge in [-0.25, -0.2) is 14.4 Å². The SMILES string of the molecule is C[C@@H]1CN(c2ncc3c(n2)CC(C)(C)C[C@H]3NC(=O)Cc2ccc(F)cc2)C[C@@H](C)O1. The molecule has 0 radical (unpaired) electrons. The second-order valence-corrected chi connectivity index (χ2v) is 9.70. The number of hydrogen-bond donors (Lipinski definition) is 1. The molecule has 166 valence electrons. The van der Waals surface area contributed by atoms with Crippen LogP contribution in [0.4, 0.5) is 10.3 Å². The Bertz CT molecular complexity index is 937. The van der Waals surface area contributed by atoms with Crippen molar-refractivity contribution in [3.63, 3.8) is 0 Å². The third kappa shape index (κ3) is 5.21. The second kappa shape index (κ2) is 8.54. The van der Waals surface area contributed by atoms with E-state index in [9.17, 15) is 9.18 Å². The third-order valence-corrected chi connectivity index (χ3v) is 5.98. The summed E-state index contributed by atoms with van der Waals surface area (Å²) in [5.41, 5.74) is 2.79. The highest BCUT2D eigenvalue weighted by atomic mass is 19.1. The number of carbonyl (C=O) groups excluding carboxylic acids is 1. The lowest BCUT2D eigenvalue weighted by molar-refractivity contribution is -0.121. The van der Waals surface area contributed by atoms with E-state index in [1.54, 1.807) is 12.1 Å². The fraction of sp³-hybridized carbons (Fsp3) is 0.542. The van der Waals surface area contributed by atoms with Gasteiger partial charge >= 0.3 is 0 Å². The van der Waals surface area contributed by atoms with Gasteiger partial charge in [0, 0.05) is 24.8 Å². The molecule has 2 aliphatic rings. The fourth-order valence-corrected chi connectivity index (χ4v) is 4.69. The van der Waals surface area contributed by atoms with Crippen molar-refractivity contribution >= 4 is 11.9 Å². The number of halogens is 1. The van der Waals surface area contributed by atoms with Gasteiger partial charge in [0.2, 0.25) is 11.9 Å². The highest BCUT2D eigenvalue weighted by Gasteiger charge is 2.35. The standard InChI is InChI=1S/C24H31FN4O2/c1-15-13-29(14-16(2)31-15)23-26-12-19-20(10-24(3,4)11-21(19)28-23)27-22(30)9-17-5-7-18(25)8-6-17/h5-8,12,15-16,20H,9-11,13-14H2,1-4H3,(H,27,30)/t15-,16-,20-/m1/s1. The maximum absolute atomic E-state index is 13.1. The van der Waals surface area contributed by atoms with Crippen LogP contribution in [0.2, 0.25) is 0 Å². The average molecular weight is 427 g/mol. The molecule has 1 fully saturated rings. The van der Waals surface area contributed by atoms with Crippen molar-refractivity contribution in [2.45, 2.75) is 65.2 Å². The van der Waals surface area contributed by atoms with Crippen LogP contribution in [0.1, 0.15) is 57.0 Å². The first-order valence-electron chi connectivity index (χ1n) is 11.0. The summed E-state index contributed by atoms with van der Waals surface area (Å²) in [4.78, 5) is 24.5. The van der Waals surface area contributed by atoms with Gasteiger partial charge in [0.15, 0.2) is 0 Å². The fourth-order valence-electron chi connectivity index (χ4n) is 4.69. The minimum atomic E-state index is -0.302. The maximum atomic E-state index is 13.1. The molecule has 1 aromatic heterocycles. The predicted molar refractivity (Wildman–Crippen MR) is 117 cm³/mol. The van der Waals surface area contributed by atoms with Gasteiger partial charge in [-0.05, 0) is 49.8 Å². The zero-order valence-electron chi connectivity index (χ0n) is 18.7. The van der Waals surface area contributed by atoms with Crippen LogP contribution < -0.4 is 10.2 Å². The van der Waals surface area contributed by atoms with Crippen LogP contribution in [0.25, 0.3) is 0 Å². The van der Waals surface area contributed by atoms with E-state index in [0.717, 1.165) is 48.7 Å². The molecular formula is C24H31FN4O2. The van der Waals surface area contributed by atoms with E-state index in [-0.39, 0.29) is 41.8 Å². The molecule has 0 spiro atoms. The normalized spacial score (nSPS) is 25.1. The van der Waals surface area contributed by atoms with E-state index in [2.05, 4.69) is 42.9 Å². The Balaban J connectivity index is 1.53. The quantitative estimate of drug-likeness (QED) is 0.809. The molecule has 1 aromatic carbocycles. The van der Waals surface area contributed by atoms with Crippen LogP contribution in [0.15, 0.2) is 30.5 Å². The Labute approximate surface area is 183 Å². The number of hydrogen-bond acceptors (Lipinski definition) is 5. The van der Waals surface area contributed by atoms with E-state index < -0.39 is 0 Å². The van der Waals surface area contributed by atoms with E-state index in [1.165, 1.54) is 12.1 Å². The summed E-state index contributed by atoms with van der Waals surface area (Å²) in [6.45, 7) is 10.1. The number of nitrogens with zero attached hydrogens (tertiary/aromatic N) is 3. The van der Waals surface area contributed by atoms with Crippen molar-refractivity contribution in [2.75, 3.05) is 18.0 Å². The first-order valence-corrected chi connectivity index (χ1v) is 11.0. The predicted octanol–water partition coefficient (Wildman–Crippen LogP) is 3.60. The number of fused-ring (bicyclic) bond motifs is 1. The van der Waals surface area contributed by atoms with Gasteiger partial charge in [-0.15, -0.1) is 0 Å². The zero-order valence-corrected chi connectivity index (χ0v) is 18.7. The van der Waals surface area contributed by atoms with Crippen LogP contribution in [0.5, 0.6) is 0 Å². The zero-order chi connectivity index (χ0) is 22.2. The molecule has 4 rings (SSSR count). The van der Waals surface area contributed by atoms with Crippen molar-refractivity contribution in [2.24, 2.45) is 5.41 Å². The summed E-state index contributed by atoms with van der Waals surface area (Å²) in [5, 5.41) is 3.16. The molecule has 1 aliphatic heterocycles. The Kier molecular flexibility index (Phi) is 5.97. The molecule has 1 N–H and O–H groups in total. The largest absolute Gasteiger partial charge is 0.372 e. The summed E-state index contributed by atoms with van der Waals surface area (Å²) in [7, 11) is 0. The van der Waals surface area contributed by atoms with Gasteiger partial charge in [0.25, 0.3) is 0 Å². The van der Waals surface area contributed by atoms with Gasteiger partial charge in [-0.2, -0.15) is 0 Å². The summed E-state index contributed by atoms with van der Waals surface area (Å²) >= 11 is 0. The lowest BCUT2D eigenvalue weighted by Crippen LogP contribution is -2.46. The number of carbonyl (C=O) groups is 1. The molecule has 31 heavy (non-hydrogen) atoms. The number of morpholine rings is 1. The van der Waals surface area contributed by atoms with Gasteiger partial charge in [-0.3, -0.25) is 4.79 Å². The van der Waals surface area contributed by atoms with Crippen molar-refractivity contribution in [3.8, 4) is 0 Å². The van der Waals surface area contributed by atoms with Gasteiger partial charge in [0.1, 0.15) is 5.82 Å². The third-order valence-electron chi connectivity index (χ3n) is 5.98. The monoisotopic (exact) mass is 426 g/mol. The maximum Gasteiger partial charge on any atom is 0.225 e. The lowest BCUT2D eigenvalue weighted by atomic mass is 9.74. The summed E-state index contributed by atoms with van der Waals surface area (Å²) < 4.78 is 19.0. The second-order valence-electron chi connectivity index (χ2n) is 9.70. The van der Waals surface area contributed by atoms with E-state index in [4.69, 9.17) is 9.72 Å². The number of aromatic nitrogens is 2. The number of anilines is 1. The van der Waals surface area contributed by atoms with Crippen LogP contribution in [-0.4, -0.2) is 41.2 Å². The molecule has 0 bridgehead atoms. The summed E-state index contributed by atoms with van der Waals surface area (Å²) in [5.74, 6) is 0.346. The molecule has 1 amide bonds. The van der Waals surface area contributed by atoms with E-state index in [0.29, 0.717) is 0 Å². The van der Waals surface area contributed by atoms with Crippen LogP contribution >= 0.6 is 0 Å². The van der Waals surface area contributed by atoms with E-state index >= 15 is 0 Å². The Morgan fingerprint density at radius 3 is 2.58 bits per heavy atom. The topological polar surface area (TPSA) is 67.4 Å². The number of nitrogens with one attached hydrogen (secondary N) is 1. The lowest BCUT2D eigenvalue weighted by Gasteiger charge is -2.38. The minimum Gasteiger partial charge on any atom is -0.372 e. The number of ether oxygens (including phenoxy) is 1. The molecule has 0 saturated carbocycles. The number of benzene rings is 1. The van der Waals surface area contributed by atoms with Crippen molar-refractivity contribution in [3.05, 3.63) is 53.1 Å². The van der Waals surface area contributed by atoms with Crippen LogP contribution in [0.3, 0.4) is 0 Å². The highest BCUT2D eigenvalue weighted by Crippen LogP contribution is 2.40. The van der Waals surface area contributed by atoms with Gasteiger partial charge in [0.05, 0.1) is 30.4 Å². The minimum absolute atomic E-state index is 0.0119. The molecule has 2 heterocycles. The van der Waals surface area contributed by atoms with Crippen LogP contribution in [0, 0.1) is 11.2 Å². The number of rotatable bonds is 4. The van der Waals surface area contributed by atoms with Gasteiger partial charge in [-0.1, -0.05) is 26.0 Å². The Hall–Kier alpha value is -2.54. The summed E-state index contributed by atoms with van der Waals surface area (Å²) in [6, 6.07) is 5.92. The van der Waals surface area contributed by atoms with E-state index in [1.807, 2.05) is 6.20 Å². The number of amides is 1. The molecule has 7 heteroatoms. The van der Waals surface area contributed by atoms with Crippen molar-refractivity contribution in [1.82, 2.24) is 15.3 Å². The van der Waals surface area contributed by atoms with Gasteiger partial charge < -0.3 is 15.0 Å². The molecular weight excluding hydrogens is 395 g/mol. The smallest absolute Gasteiger partial charge is 0.225 e.